The van der Waals surface area contributed by atoms with Gasteiger partial charge in [0.25, 0.3) is 0 Å². The van der Waals surface area contributed by atoms with Crippen molar-refractivity contribution in [3.8, 4) is 0 Å². The third-order valence-corrected chi connectivity index (χ3v) is 3.87. The third kappa shape index (κ3) is 1.95. The second-order valence-corrected chi connectivity index (χ2v) is 5.15. The summed E-state index contributed by atoms with van der Waals surface area (Å²) in [5, 5.41) is 3.41. The molecule has 2 aromatic rings. The quantitative estimate of drug-likeness (QED) is 0.829. The van der Waals surface area contributed by atoms with Gasteiger partial charge in [0.1, 0.15) is 5.82 Å². The normalized spacial score (nSPS) is 20.2. The van der Waals surface area contributed by atoms with E-state index in [0.29, 0.717) is 0 Å². The van der Waals surface area contributed by atoms with Crippen LogP contribution in [-0.2, 0) is 6.42 Å². The zero-order valence-corrected chi connectivity index (χ0v) is 10.5. The largest absolute Gasteiger partial charge is 0.342 e. The lowest BCUT2D eigenvalue weighted by Crippen LogP contribution is -2.11. The van der Waals surface area contributed by atoms with E-state index >= 15 is 0 Å². The molecule has 0 amide bonds. The Hall–Kier alpha value is -1.35. The van der Waals surface area contributed by atoms with Crippen LogP contribution in [0, 0.1) is 19.8 Å². The molecule has 2 heterocycles. The number of aromatic amines is 1. The number of benzene rings is 1. The topological polar surface area (TPSA) is 40.7 Å². The zero-order valence-electron chi connectivity index (χ0n) is 10.5. The standard InChI is InChI=1S/C14H19N3/c1-9-3-4-12-14(10(9)2)17-13(16-12)7-11-5-6-15-8-11/h3-4,11,15H,5-8H2,1-2H3,(H,16,17). The van der Waals surface area contributed by atoms with E-state index in [1.54, 1.807) is 0 Å². The first-order valence-corrected chi connectivity index (χ1v) is 6.39. The molecule has 0 radical (unpaired) electrons. The van der Waals surface area contributed by atoms with E-state index in [1.807, 2.05) is 0 Å². The van der Waals surface area contributed by atoms with Gasteiger partial charge in [-0.25, -0.2) is 4.98 Å². The Morgan fingerprint density at radius 1 is 1.35 bits per heavy atom. The molecule has 0 spiro atoms. The minimum Gasteiger partial charge on any atom is -0.342 e. The smallest absolute Gasteiger partial charge is 0.107 e. The van der Waals surface area contributed by atoms with Crippen molar-refractivity contribution < 1.29 is 0 Å². The fourth-order valence-corrected chi connectivity index (χ4v) is 2.62. The molecule has 1 aliphatic rings. The van der Waals surface area contributed by atoms with Crippen molar-refractivity contribution in [2.75, 3.05) is 13.1 Å². The van der Waals surface area contributed by atoms with E-state index in [1.165, 1.54) is 23.1 Å². The Morgan fingerprint density at radius 2 is 2.24 bits per heavy atom. The Kier molecular flexibility index (Phi) is 2.63. The molecule has 1 unspecified atom stereocenters. The molecule has 1 aromatic heterocycles. The molecule has 90 valence electrons. The first kappa shape index (κ1) is 10.8. The number of aryl methyl sites for hydroxylation is 2. The van der Waals surface area contributed by atoms with E-state index in [4.69, 9.17) is 4.98 Å². The maximum absolute atomic E-state index is 4.75. The van der Waals surface area contributed by atoms with Gasteiger partial charge in [0.15, 0.2) is 0 Å². The molecule has 3 heteroatoms. The highest BCUT2D eigenvalue weighted by atomic mass is 14.9. The molecule has 0 aliphatic carbocycles. The molecule has 17 heavy (non-hydrogen) atoms. The summed E-state index contributed by atoms with van der Waals surface area (Å²) >= 11 is 0. The molecule has 0 bridgehead atoms. The highest BCUT2D eigenvalue weighted by molar-refractivity contribution is 5.79. The first-order chi connectivity index (χ1) is 8.24. The van der Waals surface area contributed by atoms with Crippen molar-refractivity contribution in [3.05, 3.63) is 29.1 Å². The maximum Gasteiger partial charge on any atom is 0.107 e. The lowest BCUT2D eigenvalue weighted by molar-refractivity contribution is 0.565. The number of hydrogen-bond donors (Lipinski definition) is 2. The van der Waals surface area contributed by atoms with E-state index in [9.17, 15) is 0 Å². The number of hydrogen-bond acceptors (Lipinski definition) is 2. The van der Waals surface area contributed by atoms with Crippen LogP contribution in [0.4, 0.5) is 0 Å². The van der Waals surface area contributed by atoms with Crippen LogP contribution in [-0.4, -0.2) is 23.1 Å². The summed E-state index contributed by atoms with van der Waals surface area (Å²) in [4.78, 5) is 8.20. The molecule has 1 aromatic carbocycles. The summed E-state index contributed by atoms with van der Waals surface area (Å²) in [5.74, 6) is 1.89. The zero-order chi connectivity index (χ0) is 11.8. The number of imidazole rings is 1. The molecule has 2 N–H and O–H groups in total. The van der Waals surface area contributed by atoms with Gasteiger partial charge >= 0.3 is 0 Å². The van der Waals surface area contributed by atoms with Gasteiger partial charge in [0, 0.05) is 6.42 Å². The number of nitrogens with one attached hydrogen (secondary N) is 2. The summed E-state index contributed by atoms with van der Waals surface area (Å²) in [7, 11) is 0. The van der Waals surface area contributed by atoms with Gasteiger partial charge in [-0.1, -0.05) is 6.07 Å². The molecule has 0 saturated carbocycles. The Labute approximate surface area is 102 Å². The monoisotopic (exact) mass is 229 g/mol. The van der Waals surface area contributed by atoms with Gasteiger partial charge in [0.05, 0.1) is 11.0 Å². The second kappa shape index (κ2) is 4.15. The minimum atomic E-state index is 0.747. The predicted octanol–water partition coefficient (Wildman–Crippen LogP) is 2.33. The van der Waals surface area contributed by atoms with Crippen molar-refractivity contribution in [2.45, 2.75) is 26.7 Å². The summed E-state index contributed by atoms with van der Waals surface area (Å²) in [6, 6.07) is 4.30. The van der Waals surface area contributed by atoms with E-state index in [2.05, 4.69) is 36.3 Å². The predicted molar refractivity (Wildman–Crippen MR) is 70.2 cm³/mol. The van der Waals surface area contributed by atoms with Gasteiger partial charge in [-0.3, -0.25) is 0 Å². The van der Waals surface area contributed by atoms with Crippen LogP contribution in [0.15, 0.2) is 12.1 Å². The van der Waals surface area contributed by atoms with Crippen molar-refractivity contribution in [3.63, 3.8) is 0 Å². The van der Waals surface area contributed by atoms with Crippen LogP contribution < -0.4 is 5.32 Å². The number of rotatable bonds is 2. The molecular weight excluding hydrogens is 210 g/mol. The van der Waals surface area contributed by atoms with Crippen molar-refractivity contribution in [2.24, 2.45) is 5.92 Å². The molecule has 3 nitrogen and oxygen atoms in total. The highest BCUT2D eigenvalue weighted by Gasteiger charge is 2.17. The Bertz CT molecular complexity index is 536. The van der Waals surface area contributed by atoms with E-state index in [0.717, 1.165) is 36.8 Å². The van der Waals surface area contributed by atoms with Crippen molar-refractivity contribution >= 4 is 11.0 Å². The number of aromatic nitrogens is 2. The number of nitrogens with zero attached hydrogens (tertiary/aromatic N) is 1. The summed E-state index contributed by atoms with van der Waals surface area (Å²) < 4.78 is 0. The maximum atomic E-state index is 4.75. The SMILES string of the molecule is Cc1ccc2[nH]c(CC3CCNC3)nc2c1C. The molecule has 1 aliphatic heterocycles. The van der Waals surface area contributed by atoms with Gasteiger partial charge in [-0.2, -0.15) is 0 Å². The molecule has 1 fully saturated rings. The van der Waals surface area contributed by atoms with Crippen molar-refractivity contribution in [1.29, 1.82) is 0 Å². The van der Waals surface area contributed by atoms with Gasteiger partial charge in [-0.05, 0) is 56.5 Å². The van der Waals surface area contributed by atoms with Gasteiger partial charge in [0.2, 0.25) is 0 Å². The Balaban J connectivity index is 1.93. The lowest BCUT2D eigenvalue weighted by atomic mass is 10.1. The van der Waals surface area contributed by atoms with Crippen LogP contribution >= 0.6 is 0 Å². The van der Waals surface area contributed by atoms with Crippen LogP contribution in [0.5, 0.6) is 0 Å². The van der Waals surface area contributed by atoms with Gasteiger partial charge in [-0.15, -0.1) is 0 Å². The lowest BCUT2D eigenvalue weighted by Gasteiger charge is -2.03. The fraction of sp³-hybridized carbons (Fsp3) is 0.500. The molecule has 1 saturated heterocycles. The van der Waals surface area contributed by atoms with Crippen LogP contribution in [0.25, 0.3) is 11.0 Å². The Morgan fingerprint density at radius 3 is 3.00 bits per heavy atom. The summed E-state index contributed by atoms with van der Waals surface area (Å²) in [6.07, 6.45) is 2.34. The summed E-state index contributed by atoms with van der Waals surface area (Å²) in [6.45, 7) is 6.58. The van der Waals surface area contributed by atoms with E-state index in [-0.39, 0.29) is 0 Å². The molecule has 3 rings (SSSR count). The van der Waals surface area contributed by atoms with Crippen molar-refractivity contribution in [1.82, 2.24) is 15.3 Å². The first-order valence-electron chi connectivity index (χ1n) is 6.39. The van der Waals surface area contributed by atoms with Crippen LogP contribution in [0.3, 0.4) is 0 Å². The van der Waals surface area contributed by atoms with Gasteiger partial charge < -0.3 is 10.3 Å². The number of fused-ring (bicyclic) bond motifs is 1. The fourth-order valence-electron chi connectivity index (χ4n) is 2.62. The highest BCUT2D eigenvalue weighted by Crippen LogP contribution is 2.21. The van der Waals surface area contributed by atoms with E-state index < -0.39 is 0 Å². The summed E-state index contributed by atoms with van der Waals surface area (Å²) in [5.41, 5.74) is 4.94. The average molecular weight is 229 g/mol. The molecule has 1 atom stereocenters. The average Bonchev–Trinajstić information content (AvgIpc) is 2.93. The third-order valence-electron chi connectivity index (χ3n) is 3.87. The number of H-pyrrole nitrogens is 1. The minimum absolute atomic E-state index is 0.747. The second-order valence-electron chi connectivity index (χ2n) is 5.15. The molecular formula is C14H19N3. The van der Waals surface area contributed by atoms with Crippen LogP contribution in [0.2, 0.25) is 0 Å². The van der Waals surface area contributed by atoms with Crippen LogP contribution in [0.1, 0.15) is 23.4 Å².